The molecule has 66 valence electrons. The molecule has 1 aromatic rings. The maximum atomic E-state index is 9.43. The van der Waals surface area contributed by atoms with E-state index < -0.39 is 0 Å². The Labute approximate surface area is 80.0 Å². The fourth-order valence-electron chi connectivity index (χ4n) is 1.09. The Bertz CT molecular complexity index is 284. The molecule has 0 aromatic heterocycles. The maximum Gasteiger partial charge on any atom is 0.161 e. The van der Waals surface area contributed by atoms with Crippen LogP contribution in [0.2, 0.25) is 0 Å². The van der Waals surface area contributed by atoms with Crippen LogP contribution in [0.25, 0.3) is 0 Å². The van der Waals surface area contributed by atoms with E-state index >= 15 is 0 Å². The van der Waals surface area contributed by atoms with E-state index in [4.69, 9.17) is 0 Å². The Morgan fingerprint density at radius 2 is 2.00 bits per heavy atom. The molecule has 1 rings (SSSR count). The van der Waals surface area contributed by atoms with E-state index in [1.165, 1.54) is 6.07 Å². The molecule has 0 spiro atoms. The summed E-state index contributed by atoms with van der Waals surface area (Å²) in [7, 11) is 0. The molecule has 0 amide bonds. The van der Waals surface area contributed by atoms with Crippen LogP contribution in [-0.2, 0) is 6.42 Å². The van der Waals surface area contributed by atoms with Crippen molar-refractivity contribution in [1.82, 2.24) is 0 Å². The van der Waals surface area contributed by atoms with Crippen molar-refractivity contribution in [2.75, 3.05) is 0 Å². The summed E-state index contributed by atoms with van der Waals surface area (Å²) in [6, 6.07) is 3.21. The molecule has 0 heterocycles. The minimum Gasteiger partial charge on any atom is -0.504 e. The summed E-state index contributed by atoms with van der Waals surface area (Å²) in [5.74, 6) is -0.0622. The van der Waals surface area contributed by atoms with Crippen molar-refractivity contribution >= 4 is 15.9 Å². The Morgan fingerprint density at radius 3 is 2.58 bits per heavy atom. The van der Waals surface area contributed by atoms with Gasteiger partial charge in [0.15, 0.2) is 11.5 Å². The van der Waals surface area contributed by atoms with Crippen LogP contribution in [-0.4, -0.2) is 10.2 Å². The Kier molecular flexibility index (Phi) is 2.98. The molecule has 2 N–H and O–H groups in total. The van der Waals surface area contributed by atoms with Crippen molar-refractivity contribution in [3.05, 3.63) is 22.2 Å². The van der Waals surface area contributed by atoms with E-state index in [2.05, 4.69) is 15.9 Å². The fraction of sp³-hybridized carbons (Fsp3) is 0.333. The van der Waals surface area contributed by atoms with Gasteiger partial charge in [-0.3, -0.25) is 0 Å². The first-order valence-electron chi connectivity index (χ1n) is 3.86. The first-order chi connectivity index (χ1) is 5.66. The highest BCUT2D eigenvalue weighted by Crippen LogP contribution is 2.34. The van der Waals surface area contributed by atoms with Crippen molar-refractivity contribution in [3.8, 4) is 11.5 Å². The van der Waals surface area contributed by atoms with Gasteiger partial charge in [-0.1, -0.05) is 29.3 Å². The largest absolute Gasteiger partial charge is 0.504 e. The van der Waals surface area contributed by atoms with E-state index in [-0.39, 0.29) is 11.5 Å². The molecule has 0 unspecified atom stereocenters. The quantitative estimate of drug-likeness (QED) is 0.768. The average molecular weight is 231 g/mol. The highest BCUT2D eigenvalue weighted by Gasteiger charge is 2.08. The van der Waals surface area contributed by atoms with Crippen molar-refractivity contribution in [3.63, 3.8) is 0 Å². The second-order valence-corrected chi connectivity index (χ2v) is 3.50. The lowest BCUT2D eigenvalue weighted by molar-refractivity contribution is 0.398. The molecule has 0 fully saturated rings. The number of benzene rings is 1. The molecule has 0 aliphatic rings. The number of rotatable bonds is 2. The molecule has 0 saturated heterocycles. The van der Waals surface area contributed by atoms with Gasteiger partial charge in [0, 0.05) is 10.0 Å². The standard InChI is InChI=1S/C9H11BrO2/c1-2-3-6-7(10)4-5-8(11)9(6)12/h4-5,11-12H,2-3H2,1H3. The number of aromatic hydroxyl groups is 2. The lowest BCUT2D eigenvalue weighted by Gasteiger charge is -2.06. The normalized spacial score (nSPS) is 10.2. The topological polar surface area (TPSA) is 40.5 Å². The average Bonchev–Trinajstić information content (AvgIpc) is 2.06. The lowest BCUT2D eigenvalue weighted by atomic mass is 10.1. The molecule has 0 aliphatic carbocycles. The molecule has 0 saturated carbocycles. The van der Waals surface area contributed by atoms with Gasteiger partial charge in [0.2, 0.25) is 0 Å². The van der Waals surface area contributed by atoms with E-state index in [0.717, 1.165) is 22.9 Å². The molecule has 0 radical (unpaired) electrons. The molecule has 1 aromatic carbocycles. The van der Waals surface area contributed by atoms with Gasteiger partial charge in [-0.15, -0.1) is 0 Å². The van der Waals surface area contributed by atoms with Crippen LogP contribution < -0.4 is 0 Å². The predicted octanol–water partition coefficient (Wildman–Crippen LogP) is 2.81. The van der Waals surface area contributed by atoms with Gasteiger partial charge in [0.1, 0.15) is 0 Å². The van der Waals surface area contributed by atoms with Crippen LogP contribution in [0.15, 0.2) is 16.6 Å². The first kappa shape index (κ1) is 9.39. The summed E-state index contributed by atoms with van der Waals surface area (Å²) >= 11 is 3.31. The minimum absolute atomic E-state index is 0.00812. The predicted molar refractivity (Wildman–Crippen MR) is 51.5 cm³/mol. The van der Waals surface area contributed by atoms with Crippen molar-refractivity contribution in [1.29, 1.82) is 0 Å². The smallest absolute Gasteiger partial charge is 0.161 e. The zero-order valence-corrected chi connectivity index (χ0v) is 8.43. The molecular formula is C9H11BrO2. The van der Waals surface area contributed by atoms with Crippen LogP contribution in [0.3, 0.4) is 0 Å². The molecule has 12 heavy (non-hydrogen) atoms. The number of halogens is 1. The third-order valence-corrected chi connectivity index (χ3v) is 2.45. The molecule has 0 aliphatic heterocycles. The summed E-state index contributed by atoms with van der Waals surface area (Å²) in [4.78, 5) is 0. The summed E-state index contributed by atoms with van der Waals surface area (Å²) in [6.07, 6.45) is 1.70. The monoisotopic (exact) mass is 230 g/mol. The zero-order valence-electron chi connectivity index (χ0n) is 6.84. The second-order valence-electron chi connectivity index (χ2n) is 2.64. The Balaban J connectivity index is 3.14. The summed E-state index contributed by atoms with van der Waals surface area (Å²) < 4.78 is 0.847. The van der Waals surface area contributed by atoms with E-state index in [0.29, 0.717) is 0 Å². The van der Waals surface area contributed by atoms with E-state index in [1.807, 2.05) is 6.92 Å². The summed E-state index contributed by atoms with van der Waals surface area (Å²) in [6.45, 7) is 2.02. The lowest BCUT2D eigenvalue weighted by Crippen LogP contribution is -1.86. The van der Waals surface area contributed by atoms with Crippen molar-refractivity contribution in [2.45, 2.75) is 19.8 Å². The van der Waals surface area contributed by atoms with Crippen LogP contribution >= 0.6 is 15.9 Å². The molecule has 0 atom stereocenters. The van der Waals surface area contributed by atoms with Gasteiger partial charge in [-0.05, 0) is 18.6 Å². The number of phenols is 2. The van der Waals surface area contributed by atoms with Gasteiger partial charge in [-0.25, -0.2) is 0 Å². The van der Waals surface area contributed by atoms with Crippen LogP contribution in [0.5, 0.6) is 11.5 Å². The minimum atomic E-state index is -0.0540. The SMILES string of the molecule is CCCc1c(Br)ccc(O)c1O. The highest BCUT2D eigenvalue weighted by atomic mass is 79.9. The van der Waals surface area contributed by atoms with Gasteiger partial charge >= 0.3 is 0 Å². The van der Waals surface area contributed by atoms with Crippen molar-refractivity contribution in [2.24, 2.45) is 0 Å². The first-order valence-corrected chi connectivity index (χ1v) is 4.65. The van der Waals surface area contributed by atoms with Crippen LogP contribution in [0.4, 0.5) is 0 Å². The third kappa shape index (κ3) is 1.72. The molecule has 0 bridgehead atoms. The number of phenolic OH excluding ortho intramolecular Hbond substituents is 2. The van der Waals surface area contributed by atoms with E-state index in [9.17, 15) is 10.2 Å². The summed E-state index contributed by atoms with van der Waals surface area (Å²) in [5.41, 5.74) is 0.775. The Hall–Kier alpha value is -0.700. The molecule has 3 heteroatoms. The maximum absolute atomic E-state index is 9.43. The zero-order chi connectivity index (χ0) is 9.14. The van der Waals surface area contributed by atoms with Gasteiger partial charge in [-0.2, -0.15) is 0 Å². The van der Waals surface area contributed by atoms with Gasteiger partial charge < -0.3 is 10.2 Å². The van der Waals surface area contributed by atoms with Gasteiger partial charge in [0.25, 0.3) is 0 Å². The number of hydrogen-bond donors (Lipinski definition) is 2. The summed E-state index contributed by atoms with van der Waals surface area (Å²) in [5, 5.41) is 18.6. The Morgan fingerprint density at radius 1 is 1.33 bits per heavy atom. The third-order valence-electron chi connectivity index (χ3n) is 1.70. The molecular weight excluding hydrogens is 220 g/mol. The van der Waals surface area contributed by atoms with Crippen LogP contribution in [0.1, 0.15) is 18.9 Å². The fourth-order valence-corrected chi connectivity index (χ4v) is 1.61. The number of hydrogen-bond acceptors (Lipinski definition) is 2. The van der Waals surface area contributed by atoms with Crippen molar-refractivity contribution < 1.29 is 10.2 Å². The van der Waals surface area contributed by atoms with Crippen LogP contribution in [0, 0.1) is 0 Å². The second kappa shape index (κ2) is 3.81. The van der Waals surface area contributed by atoms with Gasteiger partial charge in [0.05, 0.1) is 0 Å². The highest BCUT2D eigenvalue weighted by molar-refractivity contribution is 9.10. The molecule has 2 nitrogen and oxygen atoms in total. The van der Waals surface area contributed by atoms with E-state index in [1.54, 1.807) is 6.07 Å².